The third-order valence-corrected chi connectivity index (χ3v) is 5.19. The molecule has 0 unspecified atom stereocenters. The summed E-state index contributed by atoms with van der Waals surface area (Å²) in [5.74, 6) is -3.04. The van der Waals surface area contributed by atoms with Crippen molar-refractivity contribution in [3.63, 3.8) is 0 Å². The molecule has 4 N–H and O–H groups in total. The van der Waals surface area contributed by atoms with E-state index < -0.39 is 34.8 Å². The van der Waals surface area contributed by atoms with Gasteiger partial charge in [-0.3, -0.25) is 4.79 Å². The van der Waals surface area contributed by atoms with E-state index >= 15 is 0 Å². The zero-order valence-electron chi connectivity index (χ0n) is 12.9. The molecule has 3 atom stereocenters. The van der Waals surface area contributed by atoms with Crippen molar-refractivity contribution >= 4 is 34.5 Å². The van der Waals surface area contributed by atoms with E-state index in [1.807, 2.05) is 5.32 Å². The number of halogens is 3. The minimum atomic E-state index is -5.17. The van der Waals surface area contributed by atoms with Crippen LogP contribution >= 0.6 is 23.6 Å². The monoisotopic (exact) mass is 402 g/mol. The number of hydrogen-bond acceptors (Lipinski definition) is 5. The highest BCUT2D eigenvalue weighted by Gasteiger charge is 2.65. The van der Waals surface area contributed by atoms with Crippen LogP contribution in [0.1, 0.15) is 21.3 Å². The molecule has 3 rings (SSSR count). The molecule has 0 bridgehead atoms. The highest BCUT2D eigenvalue weighted by atomic mass is 32.1. The van der Waals surface area contributed by atoms with Gasteiger partial charge in [-0.25, -0.2) is 0 Å². The van der Waals surface area contributed by atoms with Crippen molar-refractivity contribution in [2.75, 3.05) is 0 Å². The molecule has 0 spiro atoms. The predicted octanol–water partition coefficient (Wildman–Crippen LogP) is 2.72. The number of thiophene rings is 1. The zero-order chi connectivity index (χ0) is 19.1. The fourth-order valence-electron chi connectivity index (χ4n) is 2.91. The van der Waals surface area contributed by atoms with Gasteiger partial charge < -0.3 is 20.8 Å². The Hall–Kier alpha value is -2.17. The minimum absolute atomic E-state index is 0.0687. The number of rotatable bonds is 3. The third kappa shape index (κ3) is 3.15. The van der Waals surface area contributed by atoms with E-state index in [-0.39, 0.29) is 16.2 Å². The fraction of sp³-hybridized carbons (Fsp3) is 0.250. The molecule has 0 radical (unpaired) electrons. The number of alkyl halides is 3. The van der Waals surface area contributed by atoms with Gasteiger partial charge in [0, 0.05) is 0 Å². The number of carbonyl (C=O) groups excluding carboxylic acids is 1. The number of nitrogens with one attached hydrogen (secondary N) is 2. The molecule has 1 aliphatic rings. The topological polar surface area (TPSA) is 81.6 Å². The van der Waals surface area contributed by atoms with Gasteiger partial charge in [0.2, 0.25) is 5.72 Å². The standard InChI is InChI=1S/C16H13F3N2O3S2/c17-16(18,19)15(24)11(13(23)10-5-2-6-26-10)12(20-14(25)21-15)8-3-1-4-9(22)7-8/h1-7,11-12,22,24H,(H2,20,21,25)/t11-,12-,15-/m0/s1. The highest BCUT2D eigenvalue weighted by molar-refractivity contribution is 7.80. The first kappa shape index (κ1) is 18.6. The molecule has 1 aliphatic heterocycles. The number of aromatic hydroxyl groups is 1. The number of ketones is 1. The average Bonchev–Trinajstić information content (AvgIpc) is 3.07. The molecule has 1 aromatic carbocycles. The Bertz CT molecular complexity index is 842. The number of benzene rings is 1. The van der Waals surface area contributed by atoms with Crippen LogP contribution in [0.2, 0.25) is 0 Å². The number of thiocarbonyl (C=S) groups is 1. The molecule has 0 saturated carbocycles. The van der Waals surface area contributed by atoms with Crippen LogP contribution in [0.25, 0.3) is 0 Å². The van der Waals surface area contributed by atoms with Gasteiger partial charge in [-0.2, -0.15) is 13.2 Å². The van der Waals surface area contributed by atoms with Crippen LogP contribution < -0.4 is 10.6 Å². The Balaban J connectivity index is 2.16. The second-order valence-electron chi connectivity index (χ2n) is 5.75. The maximum atomic E-state index is 13.7. The first-order chi connectivity index (χ1) is 12.1. The van der Waals surface area contributed by atoms with E-state index in [1.165, 1.54) is 36.4 Å². The second kappa shape index (κ2) is 6.53. The van der Waals surface area contributed by atoms with Crippen LogP contribution in [-0.2, 0) is 0 Å². The average molecular weight is 402 g/mol. The summed E-state index contributed by atoms with van der Waals surface area (Å²) in [7, 11) is 0. The third-order valence-electron chi connectivity index (χ3n) is 4.08. The number of carbonyl (C=O) groups is 1. The Labute approximate surface area is 155 Å². The SMILES string of the molecule is O=C(c1cccs1)[C@@H]1[C@H](c2cccc(O)c2)NC(=S)N[C@@]1(O)C(F)(F)F. The molecule has 0 aliphatic carbocycles. The number of Topliss-reactive ketones (excluding diaryl/α,β-unsaturated/α-hetero) is 1. The van der Waals surface area contributed by atoms with Gasteiger partial charge in [0.1, 0.15) is 11.7 Å². The molecule has 1 fully saturated rings. The lowest BCUT2D eigenvalue weighted by molar-refractivity contribution is -0.285. The van der Waals surface area contributed by atoms with Crippen LogP contribution in [0.4, 0.5) is 13.2 Å². The van der Waals surface area contributed by atoms with Crippen molar-refractivity contribution in [1.82, 2.24) is 10.6 Å². The summed E-state index contributed by atoms with van der Waals surface area (Å²) in [5, 5.41) is 25.7. The second-order valence-corrected chi connectivity index (χ2v) is 7.11. The van der Waals surface area contributed by atoms with Crippen molar-refractivity contribution in [2.24, 2.45) is 5.92 Å². The molecule has 2 heterocycles. The quantitative estimate of drug-likeness (QED) is 0.467. The van der Waals surface area contributed by atoms with Crippen molar-refractivity contribution < 1.29 is 28.2 Å². The van der Waals surface area contributed by atoms with E-state index in [9.17, 15) is 28.2 Å². The van der Waals surface area contributed by atoms with Gasteiger partial charge in [0.25, 0.3) is 0 Å². The Morgan fingerprint density at radius 2 is 2.00 bits per heavy atom. The molecular formula is C16H13F3N2O3S2. The summed E-state index contributed by atoms with van der Waals surface area (Å²) in [6.07, 6.45) is -5.17. The van der Waals surface area contributed by atoms with Gasteiger partial charge in [-0.05, 0) is 41.4 Å². The normalized spacial score (nSPS) is 26.1. The molecule has 2 aromatic rings. The first-order valence-corrected chi connectivity index (χ1v) is 8.66. The Kier molecular flexibility index (Phi) is 4.67. The fourth-order valence-corrected chi connectivity index (χ4v) is 3.89. The van der Waals surface area contributed by atoms with Crippen LogP contribution in [0, 0.1) is 5.92 Å². The summed E-state index contributed by atoms with van der Waals surface area (Å²) in [6, 6.07) is 7.05. The molecule has 26 heavy (non-hydrogen) atoms. The highest BCUT2D eigenvalue weighted by Crippen LogP contribution is 2.44. The predicted molar refractivity (Wildman–Crippen MR) is 92.9 cm³/mol. The van der Waals surface area contributed by atoms with E-state index in [0.29, 0.717) is 0 Å². The number of phenolic OH excluding ortho intramolecular Hbond substituents is 1. The molecule has 0 amide bonds. The molecule has 1 saturated heterocycles. The van der Waals surface area contributed by atoms with Crippen molar-refractivity contribution in [3.05, 3.63) is 52.2 Å². The first-order valence-electron chi connectivity index (χ1n) is 7.38. The van der Waals surface area contributed by atoms with Gasteiger partial charge in [-0.1, -0.05) is 18.2 Å². The molecule has 138 valence electrons. The van der Waals surface area contributed by atoms with E-state index in [2.05, 4.69) is 5.32 Å². The van der Waals surface area contributed by atoms with Crippen LogP contribution in [0.15, 0.2) is 41.8 Å². The van der Waals surface area contributed by atoms with Crippen molar-refractivity contribution in [3.8, 4) is 5.75 Å². The van der Waals surface area contributed by atoms with E-state index in [1.54, 1.807) is 5.38 Å². The maximum absolute atomic E-state index is 13.7. The summed E-state index contributed by atoms with van der Waals surface area (Å²) < 4.78 is 41.2. The summed E-state index contributed by atoms with van der Waals surface area (Å²) in [5.41, 5.74) is -3.38. The van der Waals surface area contributed by atoms with Gasteiger partial charge in [-0.15, -0.1) is 11.3 Å². The summed E-state index contributed by atoms with van der Waals surface area (Å²) in [6.45, 7) is 0. The number of phenols is 1. The lowest BCUT2D eigenvalue weighted by Gasteiger charge is -2.46. The molecule has 1 aromatic heterocycles. The minimum Gasteiger partial charge on any atom is -0.508 e. The largest absolute Gasteiger partial charge is 0.508 e. The Morgan fingerprint density at radius 3 is 2.58 bits per heavy atom. The zero-order valence-corrected chi connectivity index (χ0v) is 14.6. The van der Waals surface area contributed by atoms with Crippen LogP contribution in [0.3, 0.4) is 0 Å². The number of hydrogen-bond donors (Lipinski definition) is 4. The van der Waals surface area contributed by atoms with Crippen LogP contribution in [-0.4, -0.2) is 33.0 Å². The van der Waals surface area contributed by atoms with Gasteiger partial charge >= 0.3 is 6.18 Å². The molecule has 5 nitrogen and oxygen atoms in total. The van der Waals surface area contributed by atoms with Crippen LogP contribution in [0.5, 0.6) is 5.75 Å². The van der Waals surface area contributed by atoms with Crippen molar-refractivity contribution in [2.45, 2.75) is 17.9 Å². The van der Waals surface area contributed by atoms with Crippen molar-refractivity contribution in [1.29, 1.82) is 0 Å². The summed E-state index contributed by atoms with van der Waals surface area (Å²) in [4.78, 5) is 12.9. The lowest BCUT2D eigenvalue weighted by atomic mass is 9.78. The summed E-state index contributed by atoms with van der Waals surface area (Å²) >= 11 is 5.79. The number of aliphatic hydroxyl groups is 1. The lowest BCUT2D eigenvalue weighted by Crippen LogP contribution is -2.72. The van der Waals surface area contributed by atoms with Gasteiger partial charge in [0.15, 0.2) is 10.9 Å². The maximum Gasteiger partial charge on any atom is 0.437 e. The van der Waals surface area contributed by atoms with E-state index in [0.717, 1.165) is 11.3 Å². The molecular weight excluding hydrogens is 389 g/mol. The van der Waals surface area contributed by atoms with Gasteiger partial charge in [0.05, 0.1) is 10.9 Å². The van der Waals surface area contributed by atoms with E-state index in [4.69, 9.17) is 12.2 Å². The smallest absolute Gasteiger partial charge is 0.437 e. The Morgan fingerprint density at radius 1 is 1.27 bits per heavy atom. The molecule has 10 heteroatoms.